The van der Waals surface area contributed by atoms with Crippen molar-refractivity contribution in [2.24, 2.45) is 4.99 Å². The number of benzene rings is 5. The molecule has 0 aromatic heterocycles. The van der Waals surface area contributed by atoms with Crippen LogP contribution in [0.4, 0.5) is 28.4 Å². The molecule has 0 saturated carbocycles. The zero-order valence-corrected chi connectivity index (χ0v) is 49.5. The maximum absolute atomic E-state index is 13.0. The number of nitrogens with zero attached hydrogens (tertiary/aromatic N) is 4. The Labute approximate surface area is 496 Å². The molecular weight excluding hydrogens is 1090 g/mol. The zero-order chi connectivity index (χ0) is 61.4. The van der Waals surface area contributed by atoms with Crippen LogP contribution in [-0.2, 0) is 54.8 Å². The van der Waals surface area contributed by atoms with Gasteiger partial charge in [-0.2, -0.15) is 0 Å². The summed E-state index contributed by atoms with van der Waals surface area (Å²) in [5.74, 6) is 0.730. The van der Waals surface area contributed by atoms with E-state index < -0.39 is 12.1 Å². The standard InChI is InChI=1S/C48H52N6O7.C16H25N3O5/c1-30(49-2)48(57)52-37-16-31(28-60-46-22-40(35(26-55)20-44(46)58-5)50-24-38-18-33-11-7-9-13-42(33)53(38)3)15-32(17-37)29-61-47-23-41(36(27-56)21-45(47)59-6)51-25-39-19-34-12-8-10-14-43(34)54(39)4;1-13(12-21)18-15(23)7-4-3-6-14(22)17-9-10-19(2)16(24)8-5-11-20/h7-17,20-24,26-27,30,38-39,49,51H,18-19,25,28-29H2,1-6H3,(H,52,57);5,8,11-13H,3-4,6-7,9-10H2,1-2H3,(H,17,22)(H,18,23)/b;8-5-/t30?,38-,39?;13-/m00/s1. The van der Waals surface area contributed by atoms with E-state index in [9.17, 15) is 38.4 Å². The van der Waals surface area contributed by atoms with Crippen molar-refractivity contribution < 1.29 is 57.3 Å². The van der Waals surface area contributed by atoms with E-state index in [0.29, 0.717) is 103 Å². The molecule has 85 heavy (non-hydrogen) atoms. The number of likely N-dealkylation sites (N-methyl/N-ethyl adjacent to an activating group) is 4. The van der Waals surface area contributed by atoms with Gasteiger partial charge in [0.25, 0.3) is 0 Å². The number of rotatable bonds is 30. The minimum absolute atomic E-state index is 0.0239. The molecule has 0 aliphatic carbocycles. The van der Waals surface area contributed by atoms with E-state index in [0.717, 1.165) is 54.4 Å². The Bertz CT molecular complexity index is 3220. The topological polar surface area (TPSA) is 256 Å². The fourth-order valence-electron chi connectivity index (χ4n) is 9.53. The second-order valence-electron chi connectivity index (χ2n) is 20.6. The minimum atomic E-state index is -0.498. The summed E-state index contributed by atoms with van der Waals surface area (Å²) in [6.07, 6.45) is 10.2. The lowest BCUT2D eigenvalue weighted by atomic mass is 10.1. The number of methoxy groups -OCH3 is 2. The lowest BCUT2D eigenvalue weighted by Crippen LogP contribution is -2.35. The van der Waals surface area contributed by atoms with Gasteiger partial charge in [-0.3, -0.25) is 38.6 Å². The first-order valence-corrected chi connectivity index (χ1v) is 28.0. The van der Waals surface area contributed by atoms with Gasteiger partial charge in [-0.1, -0.05) is 36.4 Å². The van der Waals surface area contributed by atoms with Gasteiger partial charge in [-0.05, 0) is 117 Å². The van der Waals surface area contributed by atoms with Crippen LogP contribution in [-0.4, -0.2) is 146 Å². The summed E-state index contributed by atoms with van der Waals surface area (Å²) in [4.78, 5) is 103. The molecule has 4 amide bonds. The molecule has 5 aromatic rings. The number of ether oxygens (including phenoxy) is 4. The number of carbonyl (C=O) groups is 8. The summed E-state index contributed by atoms with van der Waals surface area (Å²) >= 11 is 0. The molecule has 0 bridgehead atoms. The lowest BCUT2D eigenvalue weighted by molar-refractivity contribution is -0.126. The summed E-state index contributed by atoms with van der Waals surface area (Å²) < 4.78 is 24.1. The molecule has 21 nitrogen and oxygen atoms in total. The molecule has 21 heteroatoms. The number of amides is 4. The zero-order valence-electron chi connectivity index (χ0n) is 49.5. The molecule has 5 aromatic carbocycles. The van der Waals surface area contributed by atoms with Crippen LogP contribution in [0.1, 0.15) is 82.5 Å². The van der Waals surface area contributed by atoms with E-state index in [4.69, 9.17) is 23.9 Å². The number of carbonyl (C=O) groups excluding carboxylic acids is 8. The number of fused-ring (bicyclic) bond motifs is 2. The predicted octanol–water partition coefficient (Wildman–Crippen LogP) is 6.85. The van der Waals surface area contributed by atoms with Gasteiger partial charge in [0.1, 0.15) is 25.8 Å². The first kappa shape index (κ1) is 64.8. The maximum atomic E-state index is 13.0. The van der Waals surface area contributed by atoms with Crippen molar-refractivity contribution in [3.05, 3.63) is 137 Å². The molecule has 2 heterocycles. The van der Waals surface area contributed by atoms with Crippen LogP contribution in [0.3, 0.4) is 0 Å². The Balaban J connectivity index is 0.000000407. The van der Waals surface area contributed by atoms with Gasteiger partial charge in [0.2, 0.25) is 23.6 Å². The SMILES string of the molecule is CNC(C)C(=O)Nc1cc(COc2cc(N=C[C@@H]3Cc4ccccc4N3C)c(C=O)cc2OC)cc(COc2cc(NCC3Cc4ccccc4N3C)c(C=O)cc2OC)c1.C[C@@H](C=O)NC(=O)CCCCC(=O)NCCN(C)C(=O)/C=C\C=O. The second-order valence-corrected chi connectivity index (χ2v) is 20.6. The Kier molecular flexibility index (Phi) is 24.7. The quantitative estimate of drug-likeness (QED) is 0.0136. The van der Waals surface area contributed by atoms with Crippen molar-refractivity contribution in [1.29, 1.82) is 0 Å². The molecular formula is C64H77N9O12. The highest BCUT2D eigenvalue weighted by Crippen LogP contribution is 2.38. The van der Waals surface area contributed by atoms with E-state index in [2.05, 4.69) is 73.8 Å². The molecule has 0 saturated heterocycles. The largest absolute Gasteiger partial charge is 0.493 e. The van der Waals surface area contributed by atoms with Gasteiger partial charge in [0.05, 0.1) is 44.1 Å². The Morgan fingerprint density at radius 1 is 0.741 bits per heavy atom. The number of allylic oxidation sites excluding steroid dienone is 1. The average Bonchev–Trinajstić information content (AvgIpc) is 4.27. The predicted molar refractivity (Wildman–Crippen MR) is 328 cm³/mol. The van der Waals surface area contributed by atoms with Crippen molar-refractivity contribution in [3.8, 4) is 23.0 Å². The van der Waals surface area contributed by atoms with E-state index >= 15 is 0 Å². The van der Waals surface area contributed by atoms with Gasteiger partial charge < -0.3 is 65.0 Å². The molecule has 5 N–H and O–H groups in total. The highest BCUT2D eigenvalue weighted by molar-refractivity contribution is 5.95. The summed E-state index contributed by atoms with van der Waals surface area (Å²) in [5, 5.41) is 14.6. The highest BCUT2D eigenvalue weighted by atomic mass is 16.5. The molecule has 0 spiro atoms. The first-order chi connectivity index (χ1) is 41.0. The Morgan fingerprint density at radius 2 is 1.34 bits per heavy atom. The van der Waals surface area contributed by atoms with Crippen LogP contribution >= 0.6 is 0 Å². The lowest BCUT2D eigenvalue weighted by Gasteiger charge is -2.24. The third-order valence-corrected chi connectivity index (χ3v) is 14.5. The second kappa shape index (κ2) is 32.5. The van der Waals surface area contributed by atoms with Gasteiger partial charge >= 0.3 is 0 Å². The van der Waals surface area contributed by atoms with Gasteiger partial charge in [0.15, 0.2) is 35.6 Å². The number of anilines is 4. The molecule has 2 unspecified atom stereocenters. The van der Waals surface area contributed by atoms with Crippen LogP contribution in [0.15, 0.2) is 108 Å². The number of hydrogen-bond acceptors (Lipinski definition) is 17. The molecule has 0 radical (unpaired) electrons. The van der Waals surface area contributed by atoms with E-state index in [-0.39, 0.29) is 55.3 Å². The van der Waals surface area contributed by atoms with Crippen LogP contribution < -0.4 is 55.3 Å². The third kappa shape index (κ3) is 18.6. The van der Waals surface area contributed by atoms with Crippen LogP contribution in [0.5, 0.6) is 23.0 Å². The number of aliphatic imine (C=N–C) groups is 1. The molecule has 2 aliphatic rings. The van der Waals surface area contributed by atoms with Crippen molar-refractivity contribution >= 4 is 83.4 Å². The first-order valence-electron chi connectivity index (χ1n) is 28.0. The van der Waals surface area contributed by atoms with Crippen molar-refractivity contribution in [2.75, 3.05) is 82.5 Å². The minimum Gasteiger partial charge on any atom is -0.493 e. The maximum Gasteiger partial charge on any atom is 0.246 e. The van der Waals surface area contributed by atoms with Gasteiger partial charge in [-0.15, -0.1) is 0 Å². The normalized spacial score (nSPS) is 14.6. The molecule has 0 fully saturated rings. The van der Waals surface area contributed by atoms with Crippen molar-refractivity contribution in [3.63, 3.8) is 0 Å². The molecule has 4 atom stereocenters. The van der Waals surface area contributed by atoms with E-state index in [1.807, 2.05) is 49.7 Å². The smallest absolute Gasteiger partial charge is 0.246 e. The number of nitrogens with one attached hydrogen (secondary N) is 5. The van der Waals surface area contributed by atoms with Gasteiger partial charge in [-0.25, -0.2) is 0 Å². The molecule has 7 rings (SSSR count). The summed E-state index contributed by atoms with van der Waals surface area (Å²) in [6, 6.07) is 28.3. The number of para-hydroxylation sites is 2. The Morgan fingerprint density at radius 3 is 1.93 bits per heavy atom. The number of unbranched alkanes of at least 4 members (excludes halogenated alkanes) is 1. The van der Waals surface area contributed by atoms with E-state index in [1.54, 1.807) is 52.2 Å². The monoisotopic (exact) mass is 1160 g/mol. The fraction of sp³-hybridized carbons (Fsp3) is 0.359. The van der Waals surface area contributed by atoms with Gasteiger partial charge in [0, 0.05) is 112 Å². The van der Waals surface area contributed by atoms with E-state index in [1.165, 1.54) is 35.9 Å². The van der Waals surface area contributed by atoms with Crippen molar-refractivity contribution in [2.45, 2.75) is 89.8 Å². The Hall–Kier alpha value is -9.37. The highest BCUT2D eigenvalue weighted by Gasteiger charge is 2.27. The van der Waals surface area contributed by atoms with Crippen LogP contribution in [0.2, 0.25) is 0 Å². The summed E-state index contributed by atoms with van der Waals surface area (Å²) in [7, 11) is 10.5. The number of hydrogen-bond donors (Lipinski definition) is 5. The molecule has 450 valence electrons. The van der Waals surface area contributed by atoms with Crippen LogP contribution in [0.25, 0.3) is 0 Å². The van der Waals surface area contributed by atoms with Crippen molar-refractivity contribution in [1.82, 2.24) is 20.9 Å². The fourth-order valence-corrected chi connectivity index (χ4v) is 9.53. The number of aldehydes is 4. The summed E-state index contributed by atoms with van der Waals surface area (Å²) in [6.45, 7) is 4.81. The molecule has 2 aliphatic heterocycles. The van der Waals surface area contributed by atoms with Crippen LogP contribution in [0, 0.1) is 0 Å². The average molecular weight is 1160 g/mol. The third-order valence-electron chi connectivity index (χ3n) is 14.5. The summed E-state index contributed by atoms with van der Waals surface area (Å²) in [5.41, 5.74) is 8.82.